The molecule has 18 heavy (non-hydrogen) atoms. The number of hydrogen-bond acceptors (Lipinski definition) is 4. The predicted molar refractivity (Wildman–Crippen MR) is 70.0 cm³/mol. The van der Waals surface area contributed by atoms with Crippen LogP contribution in [0, 0.1) is 31.0 Å². The van der Waals surface area contributed by atoms with Crippen molar-refractivity contribution in [1.29, 1.82) is 5.26 Å². The van der Waals surface area contributed by atoms with Gasteiger partial charge in [0.1, 0.15) is 17.4 Å². The van der Waals surface area contributed by atoms with Crippen molar-refractivity contribution in [1.82, 2.24) is 4.98 Å². The highest BCUT2D eigenvalue weighted by Gasteiger charge is 2.09. The molecule has 0 aliphatic carbocycles. The average Bonchev–Trinajstić information content (AvgIpc) is 2.65. The Morgan fingerprint density at radius 3 is 2.83 bits per heavy atom. The monoisotopic (exact) mass is 261 g/mol. The molecule has 3 nitrogen and oxygen atoms in total. The molecule has 0 radical (unpaired) electrons. The maximum absolute atomic E-state index is 13.4. The van der Waals surface area contributed by atoms with E-state index < -0.39 is 5.82 Å². The molecule has 0 fully saturated rings. The fraction of sp³-hybridized carbons (Fsp3) is 0.231. The lowest BCUT2D eigenvalue weighted by Crippen LogP contribution is -2.02. The van der Waals surface area contributed by atoms with Gasteiger partial charge in [0.25, 0.3) is 0 Å². The van der Waals surface area contributed by atoms with E-state index in [-0.39, 0.29) is 5.56 Å². The normalized spacial score (nSPS) is 10.1. The molecule has 0 unspecified atom stereocenters. The molecule has 0 aliphatic heterocycles. The van der Waals surface area contributed by atoms with Gasteiger partial charge in [0.05, 0.1) is 22.9 Å². The van der Waals surface area contributed by atoms with E-state index in [4.69, 9.17) is 5.26 Å². The quantitative estimate of drug-likeness (QED) is 0.921. The largest absolute Gasteiger partial charge is 0.379 e. The van der Waals surface area contributed by atoms with E-state index in [0.29, 0.717) is 12.2 Å². The fourth-order valence-corrected chi connectivity index (χ4v) is 2.57. The molecule has 0 amide bonds. The molecule has 0 saturated carbocycles. The van der Waals surface area contributed by atoms with Crippen LogP contribution in [0.15, 0.2) is 18.2 Å². The second-order valence-electron chi connectivity index (χ2n) is 3.87. The van der Waals surface area contributed by atoms with E-state index in [9.17, 15) is 4.39 Å². The molecule has 1 heterocycles. The predicted octanol–water partition coefficient (Wildman–Crippen LogP) is 3.38. The number of aryl methyl sites for hydroxylation is 2. The highest BCUT2D eigenvalue weighted by atomic mass is 32.1. The number of hydrogen-bond donors (Lipinski definition) is 1. The molecule has 0 aliphatic rings. The number of nitrogens with zero attached hydrogens (tertiary/aromatic N) is 2. The highest BCUT2D eigenvalue weighted by molar-refractivity contribution is 7.11. The number of thiazole rings is 1. The first kappa shape index (κ1) is 12.5. The SMILES string of the molecule is Cc1nc(C)c(CNc2cccc(F)c2C#N)s1. The van der Waals surface area contributed by atoms with E-state index in [2.05, 4.69) is 10.3 Å². The van der Waals surface area contributed by atoms with E-state index in [0.717, 1.165) is 15.6 Å². The van der Waals surface area contributed by atoms with Crippen molar-refractivity contribution < 1.29 is 4.39 Å². The van der Waals surface area contributed by atoms with Gasteiger partial charge in [-0.15, -0.1) is 11.3 Å². The Morgan fingerprint density at radius 1 is 1.44 bits per heavy atom. The van der Waals surface area contributed by atoms with Crippen molar-refractivity contribution in [2.24, 2.45) is 0 Å². The number of nitriles is 1. The van der Waals surface area contributed by atoms with E-state index in [1.54, 1.807) is 23.5 Å². The van der Waals surface area contributed by atoms with Crippen LogP contribution >= 0.6 is 11.3 Å². The standard InChI is InChI=1S/C13H12FN3S/c1-8-13(18-9(2)17-8)7-16-12-5-3-4-11(14)10(12)6-15/h3-5,16H,7H2,1-2H3. The van der Waals surface area contributed by atoms with Crippen LogP contribution < -0.4 is 5.32 Å². The fourth-order valence-electron chi connectivity index (χ4n) is 1.70. The Morgan fingerprint density at radius 2 is 2.22 bits per heavy atom. The van der Waals surface area contributed by atoms with Gasteiger partial charge < -0.3 is 5.32 Å². The Hall–Kier alpha value is -1.93. The van der Waals surface area contributed by atoms with Crippen molar-refractivity contribution >= 4 is 17.0 Å². The van der Waals surface area contributed by atoms with Crippen molar-refractivity contribution in [3.63, 3.8) is 0 Å². The van der Waals surface area contributed by atoms with Crippen molar-refractivity contribution in [2.45, 2.75) is 20.4 Å². The summed E-state index contributed by atoms with van der Waals surface area (Å²) in [6, 6.07) is 6.44. The highest BCUT2D eigenvalue weighted by Crippen LogP contribution is 2.22. The summed E-state index contributed by atoms with van der Waals surface area (Å²) >= 11 is 1.60. The molecule has 0 spiro atoms. The summed E-state index contributed by atoms with van der Waals surface area (Å²) in [5.41, 5.74) is 1.54. The molecular weight excluding hydrogens is 249 g/mol. The lowest BCUT2D eigenvalue weighted by Gasteiger charge is -2.07. The van der Waals surface area contributed by atoms with E-state index >= 15 is 0 Å². The van der Waals surface area contributed by atoms with E-state index in [1.807, 2.05) is 19.9 Å². The Balaban J connectivity index is 2.19. The number of benzene rings is 1. The van der Waals surface area contributed by atoms with Gasteiger partial charge in [0.2, 0.25) is 0 Å². The van der Waals surface area contributed by atoms with Gasteiger partial charge in [0.15, 0.2) is 0 Å². The lowest BCUT2D eigenvalue weighted by atomic mass is 10.2. The van der Waals surface area contributed by atoms with Crippen LogP contribution in [0.4, 0.5) is 10.1 Å². The molecule has 92 valence electrons. The molecule has 0 saturated heterocycles. The number of anilines is 1. The molecule has 5 heteroatoms. The summed E-state index contributed by atoms with van der Waals surface area (Å²) in [6.45, 7) is 4.44. The molecule has 2 aromatic rings. The Kier molecular flexibility index (Phi) is 3.58. The average molecular weight is 261 g/mol. The zero-order valence-corrected chi connectivity index (χ0v) is 10.9. The first-order valence-corrected chi connectivity index (χ1v) is 6.29. The molecule has 0 atom stereocenters. The minimum absolute atomic E-state index is 0.0522. The minimum Gasteiger partial charge on any atom is -0.379 e. The van der Waals surface area contributed by atoms with Gasteiger partial charge in [-0.05, 0) is 26.0 Å². The number of rotatable bonds is 3. The Bertz CT molecular complexity index is 613. The Labute approximate surface area is 109 Å². The molecular formula is C13H12FN3S. The van der Waals surface area contributed by atoms with Crippen LogP contribution in [0.2, 0.25) is 0 Å². The summed E-state index contributed by atoms with van der Waals surface area (Å²) in [5.74, 6) is -0.500. The van der Waals surface area contributed by atoms with Gasteiger partial charge in [0, 0.05) is 4.88 Å². The third-order valence-electron chi connectivity index (χ3n) is 2.56. The molecule has 0 bridgehead atoms. The smallest absolute Gasteiger partial charge is 0.143 e. The summed E-state index contributed by atoms with van der Waals surface area (Å²) < 4.78 is 13.4. The third kappa shape index (κ3) is 2.49. The van der Waals surface area contributed by atoms with Crippen molar-refractivity contribution in [3.8, 4) is 6.07 Å². The van der Waals surface area contributed by atoms with Gasteiger partial charge >= 0.3 is 0 Å². The summed E-state index contributed by atoms with van der Waals surface area (Å²) in [6.07, 6.45) is 0. The number of nitrogens with one attached hydrogen (secondary N) is 1. The topological polar surface area (TPSA) is 48.7 Å². The zero-order chi connectivity index (χ0) is 13.1. The van der Waals surface area contributed by atoms with Crippen LogP contribution in [-0.2, 0) is 6.54 Å². The lowest BCUT2D eigenvalue weighted by molar-refractivity contribution is 0.624. The third-order valence-corrected chi connectivity index (χ3v) is 3.64. The summed E-state index contributed by atoms with van der Waals surface area (Å²) in [5, 5.41) is 13.0. The van der Waals surface area contributed by atoms with Gasteiger partial charge in [-0.3, -0.25) is 0 Å². The maximum atomic E-state index is 13.4. The van der Waals surface area contributed by atoms with Gasteiger partial charge in [-0.2, -0.15) is 5.26 Å². The van der Waals surface area contributed by atoms with Crippen molar-refractivity contribution in [3.05, 3.63) is 45.2 Å². The van der Waals surface area contributed by atoms with Crippen LogP contribution in [0.1, 0.15) is 21.1 Å². The first-order chi connectivity index (χ1) is 8.61. The van der Waals surface area contributed by atoms with Crippen LogP contribution in [0.25, 0.3) is 0 Å². The minimum atomic E-state index is -0.500. The molecule has 1 aromatic carbocycles. The summed E-state index contributed by atoms with van der Waals surface area (Å²) in [4.78, 5) is 5.42. The maximum Gasteiger partial charge on any atom is 0.143 e. The van der Waals surface area contributed by atoms with Crippen LogP contribution in [0.3, 0.4) is 0 Å². The molecule has 2 rings (SSSR count). The van der Waals surface area contributed by atoms with Gasteiger partial charge in [-0.1, -0.05) is 6.07 Å². The first-order valence-electron chi connectivity index (χ1n) is 5.47. The van der Waals surface area contributed by atoms with Gasteiger partial charge in [-0.25, -0.2) is 9.37 Å². The van der Waals surface area contributed by atoms with E-state index in [1.165, 1.54) is 6.07 Å². The zero-order valence-electron chi connectivity index (χ0n) is 10.1. The summed E-state index contributed by atoms with van der Waals surface area (Å²) in [7, 11) is 0. The van der Waals surface area contributed by atoms with Crippen LogP contribution in [-0.4, -0.2) is 4.98 Å². The second-order valence-corrected chi connectivity index (χ2v) is 5.16. The van der Waals surface area contributed by atoms with Crippen molar-refractivity contribution in [2.75, 3.05) is 5.32 Å². The number of aromatic nitrogens is 1. The second kappa shape index (κ2) is 5.15. The van der Waals surface area contributed by atoms with Crippen LogP contribution in [0.5, 0.6) is 0 Å². The molecule has 1 N–H and O–H groups in total. The molecule has 1 aromatic heterocycles. The number of halogens is 1.